The largest absolute Gasteiger partial charge is 0.447 e. The Morgan fingerprint density at radius 2 is 2.21 bits per heavy atom. The van der Waals surface area contributed by atoms with Gasteiger partial charge in [-0.05, 0) is 25.6 Å². The van der Waals surface area contributed by atoms with Crippen LogP contribution in [0.15, 0.2) is 21.6 Å². The molecule has 1 saturated heterocycles. The molecule has 1 amide bonds. The zero-order valence-electron chi connectivity index (χ0n) is 10.8. The van der Waals surface area contributed by atoms with E-state index in [0.717, 1.165) is 13.0 Å². The van der Waals surface area contributed by atoms with Crippen LogP contribution >= 0.6 is 0 Å². The van der Waals surface area contributed by atoms with Gasteiger partial charge in [0.25, 0.3) is 10.0 Å². The van der Waals surface area contributed by atoms with E-state index in [9.17, 15) is 13.2 Å². The van der Waals surface area contributed by atoms with Gasteiger partial charge >= 0.3 is 0 Å². The number of nitrogens with one attached hydrogen (secondary N) is 2. The van der Waals surface area contributed by atoms with Gasteiger partial charge < -0.3 is 9.32 Å². The van der Waals surface area contributed by atoms with E-state index in [4.69, 9.17) is 4.42 Å². The molecule has 1 unspecified atom stereocenters. The third-order valence-electron chi connectivity index (χ3n) is 3.12. The van der Waals surface area contributed by atoms with Crippen molar-refractivity contribution < 1.29 is 17.6 Å². The summed E-state index contributed by atoms with van der Waals surface area (Å²) in [5.74, 6) is 0.533. The Morgan fingerprint density at radius 3 is 2.79 bits per heavy atom. The summed E-state index contributed by atoms with van der Waals surface area (Å²) in [6.45, 7) is 1.05. The molecule has 0 aromatic carbocycles. The van der Waals surface area contributed by atoms with Crippen LogP contribution in [0.5, 0.6) is 0 Å². The van der Waals surface area contributed by atoms with Crippen LogP contribution in [-0.2, 0) is 21.4 Å². The molecule has 19 heavy (non-hydrogen) atoms. The lowest BCUT2D eigenvalue weighted by Crippen LogP contribution is -2.36. The van der Waals surface area contributed by atoms with Crippen molar-refractivity contribution >= 4 is 15.9 Å². The number of carbonyl (C=O) groups excluding carboxylic acids is 1. The number of hydrogen-bond donors (Lipinski definition) is 2. The van der Waals surface area contributed by atoms with Crippen molar-refractivity contribution in [3.63, 3.8) is 0 Å². The van der Waals surface area contributed by atoms with Crippen LogP contribution in [0.2, 0.25) is 0 Å². The summed E-state index contributed by atoms with van der Waals surface area (Å²) >= 11 is 0. The molecule has 7 nitrogen and oxygen atoms in total. The normalized spacial score (nSPS) is 20.2. The topological polar surface area (TPSA) is 91.7 Å². The summed E-state index contributed by atoms with van der Waals surface area (Å²) in [5, 5.41) is 2.94. The number of likely N-dealkylation sites (tertiary alicyclic amines) is 1. The maximum atomic E-state index is 11.7. The minimum atomic E-state index is -3.55. The van der Waals surface area contributed by atoms with Crippen LogP contribution in [0.4, 0.5) is 0 Å². The summed E-state index contributed by atoms with van der Waals surface area (Å²) in [5.41, 5.74) is 0. The van der Waals surface area contributed by atoms with Gasteiger partial charge in [0.15, 0.2) is 0 Å². The van der Waals surface area contributed by atoms with Crippen molar-refractivity contribution in [3.8, 4) is 0 Å². The lowest BCUT2D eigenvalue weighted by Gasteiger charge is -2.10. The number of furan rings is 1. The molecule has 0 bridgehead atoms. The van der Waals surface area contributed by atoms with E-state index in [0.29, 0.717) is 12.3 Å². The first-order chi connectivity index (χ1) is 8.94. The van der Waals surface area contributed by atoms with Crippen molar-refractivity contribution in [2.75, 3.05) is 20.6 Å². The van der Waals surface area contributed by atoms with Gasteiger partial charge in [0.1, 0.15) is 5.76 Å². The molecular weight excluding hydrogens is 270 g/mol. The number of nitrogens with zero attached hydrogens (tertiary/aromatic N) is 1. The highest BCUT2D eigenvalue weighted by molar-refractivity contribution is 7.89. The molecule has 1 aliphatic heterocycles. The number of hydrogen-bond acceptors (Lipinski definition) is 5. The lowest BCUT2D eigenvalue weighted by molar-refractivity contribution is -0.128. The predicted octanol–water partition coefficient (Wildman–Crippen LogP) is -0.492. The van der Waals surface area contributed by atoms with Gasteiger partial charge in [0.05, 0.1) is 12.6 Å². The van der Waals surface area contributed by atoms with E-state index in [1.54, 1.807) is 18.0 Å². The second-order valence-corrected chi connectivity index (χ2v) is 6.23. The van der Waals surface area contributed by atoms with Crippen molar-refractivity contribution in [3.05, 3.63) is 17.9 Å². The van der Waals surface area contributed by atoms with Crippen LogP contribution in [0.25, 0.3) is 0 Å². The minimum absolute atomic E-state index is 0.0506. The number of likely N-dealkylation sites (N-methyl/N-ethyl adjacent to an activating group) is 1. The Balaban J connectivity index is 1.96. The Kier molecular flexibility index (Phi) is 3.93. The predicted molar refractivity (Wildman–Crippen MR) is 67.8 cm³/mol. The minimum Gasteiger partial charge on any atom is -0.447 e. The number of sulfonamides is 1. The Hall–Kier alpha value is -1.38. The zero-order chi connectivity index (χ0) is 14.0. The molecule has 1 aromatic rings. The summed E-state index contributed by atoms with van der Waals surface area (Å²) < 4.78 is 30.4. The third-order valence-corrected chi connectivity index (χ3v) is 4.41. The van der Waals surface area contributed by atoms with E-state index in [1.165, 1.54) is 13.1 Å². The second-order valence-electron chi connectivity index (χ2n) is 4.41. The molecule has 0 spiro atoms. The molecule has 2 heterocycles. The van der Waals surface area contributed by atoms with E-state index >= 15 is 0 Å². The Bertz CT molecular complexity index is 566. The Labute approximate surface area is 112 Å². The molecule has 0 radical (unpaired) electrons. The molecular formula is C11H17N3O4S. The fourth-order valence-electron chi connectivity index (χ4n) is 1.93. The van der Waals surface area contributed by atoms with Gasteiger partial charge in [-0.2, -0.15) is 0 Å². The van der Waals surface area contributed by atoms with Crippen molar-refractivity contribution in [1.29, 1.82) is 0 Å². The molecule has 2 rings (SSSR count). The molecule has 1 aliphatic rings. The lowest BCUT2D eigenvalue weighted by atomic mass is 10.2. The maximum Gasteiger partial charge on any atom is 0.273 e. The molecule has 8 heteroatoms. The van der Waals surface area contributed by atoms with Crippen molar-refractivity contribution in [2.45, 2.75) is 24.1 Å². The standard InChI is InChI=1S/C11H17N3O4S/c1-12-19(16,17)10-4-3-8(18-10)7-13-9-5-6-14(2)11(9)15/h3-4,9,12-13H,5-7H2,1-2H3. The molecule has 1 aromatic heterocycles. The van der Waals surface area contributed by atoms with Crippen molar-refractivity contribution in [2.24, 2.45) is 0 Å². The van der Waals surface area contributed by atoms with Gasteiger partial charge in [-0.25, -0.2) is 13.1 Å². The first-order valence-electron chi connectivity index (χ1n) is 5.94. The summed E-state index contributed by atoms with van der Waals surface area (Å²) in [4.78, 5) is 13.3. The van der Waals surface area contributed by atoms with E-state index < -0.39 is 10.0 Å². The molecule has 2 N–H and O–H groups in total. The summed E-state index contributed by atoms with van der Waals surface area (Å²) in [6, 6.07) is 2.76. The van der Waals surface area contributed by atoms with Crippen LogP contribution in [0.3, 0.4) is 0 Å². The summed E-state index contributed by atoms with van der Waals surface area (Å²) in [6.07, 6.45) is 0.748. The molecule has 0 saturated carbocycles. The van der Waals surface area contributed by atoms with Crippen LogP contribution in [0, 0.1) is 0 Å². The van der Waals surface area contributed by atoms with E-state index in [-0.39, 0.29) is 17.0 Å². The van der Waals surface area contributed by atoms with Crippen LogP contribution in [0.1, 0.15) is 12.2 Å². The zero-order valence-corrected chi connectivity index (χ0v) is 11.7. The molecule has 1 atom stereocenters. The second kappa shape index (κ2) is 5.32. The average molecular weight is 287 g/mol. The fourth-order valence-corrected chi connectivity index (χ4v) is 2.60. The van der Waals surface area contributed by atoms with E-state index in [1.807, 2.05) is 0 Å². The molecule has 106 valence electrons. The Morgan fingerprint density at radius 1 is 1.47 bits per heavy atom. The highest BCUT2D eigenvalue weighted by atomic mass is 32.2. The summed E-state index contributed by atoms with van der Waals surface area (Å²) in [7, 11) is -0.473. The molecule has 1 fully saturated rings. The van der Waals surface area contributed by atoms with Gasteiger partial charge in [0, 0.05) is 13.6 Å². The van der Waals surface area contributed by atoms with Gasteiger partial charge in [-0.15, -0.1) is 0 Å². The highest BCUT2D eigenvalue weighted by Gasteiger charge is 2.28. The average Bonchev–Trinajstić information content (AvgIpc) is 2.97. The van der Waals surface area contributed by atoms with Crippen LogP contribution in [-0.4, -0.2) is 45.9 Å². The first-order valence-corrected chi connectivity index (χ1v) is 7.43. The number of rotatable bonds is 5. The fraction of sp³-hybridized carbons (Fsp3) is 0.545. The monoisotopic (exact) mass is 287 g/mol. The van der Waals surface area contributed by atoms with E-state index in [2.05, 4.69) is 10.0 Å². The first kappa shape index (κ1) is 14.0. The van der Waals surface area contributed by atoms with Gasteiger partial charge in [-0.1, -0.05) is 0 Å². The third kappa shape index (κ3) is 2.96. The van der Waals surface area contributed by atoms with Crippen molar-refractivity contribution in [1.82, 2.24) is 14.9 Å². The molecule has 0 aliphatic carbocycles. The highest BCUT2D eigenvalue weighted by Crippen LogP contribution is 2.14. The van der Waals surface area contributed by atoms with Crippen LogP contribution < -0.4 is 10.0 Å². The number of carbonyl (C=O) groups is 1. The van der Waals surface area contributed by atoms with Gasteiger partial charge in [-0.3, -0.25) is 10.1 Å². The quantitative estimate of drug-likeness (QED) is 0.762. The van der Waals surface area contributed by atoms with Gasteiger partial charge in [0.2, 0.25) is 11.0 Å². The SMILES string of the molecule is CNS(=O)(=O)c1ccc(CNC2CCN(C)C2=O)o1. The maximum absolute atomic E-state index is 11.7. The number of amides is 1. The smallest absolute Gasteiger partial charge is 0.273 e.